The van der Waals surface area contributed by atoms with Crippen LogP contribution in [0.15, 0.2) is 17.1 Å². The van der Waals surface area contributed by atoms with Gasteiger partial charge in [-0.05, 0) is 6.07 Å². The van der Waals surface area contributed by atoms with Crippen LogP contribution in [-0.4, -0.2) is 18.1 Å². The molecule has 12 heavy (non-hydrogen) atoms. The van der Waals surface area contributed by atoms with Gasteiger partial charge in [0.05, 0.1) is 7.11 Å². The highest BCUT2D eigenvalue weighted by Crippen LogP contribution is 2.01. The summed E-state index contributed by atoms with van der Waals surface area (Å²) in [6.45, 7) is 0. The van der Waals surface area contributed by atoms with Crippen LogP contribution in [-0.2, 0) is 4.74 Å². The highest BCUT2D eigenvalue weighted by Gasteiger charge is 2.13. The molecule has 5 heteroatoms. The number of ether oxygens (including phenoxy) is 1. The Balaban J connectivity index is 3.26. The second-order valence-electron chi connectivity index (χ2n) is 2.03. The summed E-state index contributed by atoms with van der Waals surface area (Å²) < 4.78 is 17.0. The number of pyridine rings is 1. The Morgan fingerprint density at radius 1 is 1.67 bits per heavy atom. The van der Waals surface area contributed by atoms with E-state index < -0.39 is 17.3 Å². The average Bonchev–Trinajstić information content (AvgIpc) is 2.08. The minimum Gasteiger partial charge on any atom is -0.465 e. The van der Waals surface area contributed by atoms with Gasteiger partial charge in [-0.2, -0.15) is 4.39 Å². The smallest absolute Gasteiger partial charge is 0.341 e. The molecule has 1 heterocycles. The quantitative estimate of drug-likeness (QED) is 0.618. The zero-order valence-corrected chi connectivity index (χ0v) is 6.26. The summed E-state index contributed by atoms with van der Waals surface area (Å²) in [5.41, 5.74) is -1.29. The lowest BCUT2D eigenvalue weighted by molar-refractivity contribution is 0.0595. The Labute approximate surface area is 67.0 Å². The van der Waals surface area contributed by atoms with Crippen LogP contribution in [0.5, 0.6) is 0 Å². The number of carbonyl (C=O) groups excluding carboxylic acids is 1. The molecule has 0 saturated heterocycles. The van der Waals surface area contributed by atoms with E-state index in [4.69, 9.17) is 0 Å². The molecule has 0 spiro atoms. The van der Waals surface area contributed by atoms with Gasteiger partial charge in [-0.15, -0.1) is 0 Å². The molecule has 1 aromatic rings. The lowest BCUT2D eigenvalue weighted by atomic mass is 10.2. The first-order valence-corrected chi connectivity index (χ1v) is 3.12. The standard InChI is InChI=1S/C7H6FNO3/c1-12-7(11)4-2-3-9-6(10)5(4)8/h2-3H,1H3,(H,9,10). The van der Waals surface area contributed by atoms with Gasteiger partial charge in [0.2, 0.25) is 5.82 Å². The normalized spacial score (nSPS) is 9.50. The summed E-state index contributed by atoms with van der Waals surface area (Å²) in [4.78, 5) is 23.5. The molecule has 0 amide bonds. The van der Waals surface area contributed by atoms with Crippen LogP contribution in [0.1, 0.15) is 10.4 Å². The SMILES string of the molecule is COC(=O)c1cc[nH]c(=O)c1F. The van der Waals surface area contributed by atoms with Gasteiger partial charge in [0.1, 0.15) is 5.56 Å². The molecule has 0 unspecified atom stereocenters. The molecule has 0 aromatic carbocycles. The molecule has 0 aliphatic carbocycles. The van der Waals surface area contributed by atoms with Crippen molar-refractivity contribution in [3.63, 3.8) is 0 Å². The zero-order chi connectivity index (χ0) is 9.14. The Bertz CT molecular complexity index is 358. The maximum Gasteiger partial charge on any atom is 0.341 e. The number of aromatic amines is 1. The largest absolute Gasteiger partial charge is 0.465 e. The highest BCUT2D eigenvalue weighted by molar-refractivity contribution is 5.89. The molecule has 4 nitrogen and oxygen atoms in total. The highest BCUT2D eigenvalue weighted by atomic mass is 19.1. The van der Waals surface area contributed by atoms with Crippen LogP contribution < -0.4 is 5.56 Å². The van der Waals surface area contributed by atoms with E-state index in [-0.39, 0.29) is 5.56 Å². The number of hydrogen-bond acceptors (Lipinski definition) is 3. The molecule has 1 N–H and O–H groups in total. The van der Waals surface area contributed by atoms with Gasteiger partial charge in [-0.25, -0.2) is 4.79 Å². The van der Waals surface area contributed by atoms with Gasteiger partial charge in [0.25, 0.3) is 5.56 Å². The molecule has 0 atom stereocenters. The number of rotatable bonds is 1. The summed E-state index contributed by atoms with van der Waals surface area (Å²) in [6, 6.07) is 1.14. The zero-order valence-electron chi connectivity index (χ0n) is 6.26. The molecule has 0 saturated carbocycles. The molecule has 1 aromatic heterocycles. The van der Waals surface area contributed by atoms with Crippen molar-refractivity contribution >= 4 is 5.97 Å². The molecular formula is C7H6FNO3. The van der Waals surface area contributed by atoms with Gasteiger partial charge in [0, 0.05) is 6.20 Å². The Morgan fingerprint density at radius 3 is 2.92 bits per heavy atom. The monoisotopic (exact) mass is 171 g/mol. The Hall–Kier alpha value is -1.65. The van der Waals surface area contributed by atoms with Gasteiger partial charge in [0.15, 0.2) is 0 Å². The first-order valence-electron chi connectivity index (χ1n) is 3.12. The number of nitrogens with one attached hydrogen (secondary N) is 1. The number of H-pyrrole nitrogens is 1. The van der Waals surface area contributed by atoms with Crippen molar-refractivity contribution in [2.45, 2.75) is 0 Å². The summed E-state index contributed by atoms with van der Waals surface area (Å²) >= 11 is 0. The number of halogens is 1. The predicted octanol–water partition coefficient (Wildman–Crippen LogP) is 0.301. The van der Waals surface area contributed by atoms with E-state index in [1.165, 1.54) is 6.20 Å². The van der Waals surface area contributed by atoms with Crippen LogP contribution in [0.3, 0.4) is 0 Å². The first kappa shape index (κ1) is 8.45. The summed E-state index contributed by atoms with van der Waals surface area (Å²) in [5.74, 6) is -1.98. The number of aromatic nitrogens is 1. The molecule has 0 aliphatic heterocycles. The number of hydrogen-bond donors (Lipinski definition) is 1. The van der Waals surface area contributed by atoms with E-state index in [0.29, 0.717) is 0 Å². The van der Waals surface area contributed by atoms with Crippen molar-refractivity contribution in [2.24, 2.45) is 0 Å². The molecule has 64 valence electrons. The fourth-order valence-corrected chi connectivity index (χ4v) is 0.727. The van der Waals surface area contributed by atoms with Crippen molar-refractivity contribution in [2.75, 3.05) is 7.11 Å². The minimum absolute atomic E-state index is 0.360. The van der Waals surface area contributed by atoms with E-state index in [2.05, 4.69) is 9.72 Å². The molecule has 0 fully saturated rings. The summed E-state index contributed by atoms with van der Waals surface area (Å²) in [6.07, 6.45) is 1.18. The van der Waals surface area contributed by atoms with Gasteiger partial charge in [-0.3, -0.25) is 4.79 Å². The van der Waals surface area contributed by atoms with Crippen LogP contribution in [0.25, 0.3) is 0 Å². The molecule has 0 bridgehead atoms. The predicted molar refractivity (Wildman–Crippen MR) is 38.4 cm³/mol. The van der Waals surface area contributed by atoms with Crippen LogP contribution >= 0.6 is 0 Å². The number of methoxy groups -OCH3 is 1. The van der Waals surface area contributed by atoms with Crippen molar-refractivity contribution < 1.29 is 13.9 Å². The molecule has 0 aliphatic rings. The van der Waals surface area contributed by atoms with E-state index >= 15 is 0 Å². The Morgan fingerprint density at radius 2 is 2.33 bits per heavy atom. The fraction of sp³-hybridized carbons (Fsp3) is 0.143. The van der Waals surface area contributed by atoms with Crippen LogP contribution in [0, 0.1) is 5.82 Å². The van der Waals surface area contributed by atoms with E-state index in [1.54, 1.807) is 0 Å². The average molecular weight is 171 g/mol. The first-order chi connectivity index (χ1) is 5.66. The second-order valence-corrected chi connectivity index (χ2v) is 2.03. The van der Waals surface area contributed by atoms with E-state index in [0.717, 1.165) is 13.2 Å². The summed E-state index contributed by atoms with van der Waals surface area (Å²) in [7, 11) is 1.11. The minimum atomic E-state index is -1.12. The molecule has 0 radical (unpaired) electrons. The van der Waals surface area contributed by atoms with E-state index in [9.17, 15) is 14.0 Å². The lowest BCUT2D eigenvalue weighted by Crippen LogP contribution is -2.16. The third-order valence-electron chi connectivity index (χ3n) is 1.31. The molecular weight excluding hydrogens is 165 g/mol. The van der Waals surface area contributed by atoms with Crippen molar-refractivity contribution in [1.29, 1.82) is 0 Å². The van der Waals surface area contributed by atoms with Crippen molar-refractivity contribution in [3.8, 4) is 0 Å². The van der Waals surface area contributed by atoms with Gasteiger partial charge in [-0.1, -0.05) is 0 Å². The van der Waals surface area contributed by atoms with Gasteiger partial charge >= 0.3 is 5.97 Å². The summed E-state index contributed by atoms with van der Waals surface area (Å²) in [5, 5.41) is 0. The lowest BCUT2D eigenvalue weighted by Gasteiger charge is -1.97. The Kier molecular flexibility index (Phi) is 2.23. The number of carbonyl (C=O) groups is 1. The fourth-order valence-electron chi connectivity index (χ4n) is 0.727. The maximum atomic E-state index is 12.8. The molecule has 1 rings (SSSR count). The van der Waals surface area contributed by atoms with Crippen LogP contribution in [0.4, 0.5) is 4.39 Å². The van der Waals surface area contributed by atoms with E-state index in [1.807, 2.05) is 0 Å². The maximum absolute atomic E-state index is 12.8. The third-order valence-corrected chi connectivity index (χ3v) is 1.31. The van der Waals surface area contributed by atoms with Crippen LogP contribution in [0.2, 0.25) is 0 Å². The third kappa shape index (κ3) is 1.34. The van der Waals surface area contributed by atoms with Gasteiger partial charge < -0.3 is 9.72 Å². The number of esters is 1. The van der Waals surface area contributed by atoms with Crippen molar-refractivity contribution in [3.05, 3.63) is 34.0 Å². The van der Waals surface area contributed by atoms with Crippen molar-refractivity contribution in [1.82, 2.24) is 4.98 Å². The second kappa shape index (κ2) is 3.17. The topological polar surface area (TPSA) is 59.2 Å².